The van der Waals surface area contributed by atoms with E-state index in [4.69, 9.17) is 11.6 Å². The molecule has 0 aliphatic carbocycles. The van der Waals surface area contributed by atoms with Crippen LogP contribution in [-0.2, 0) is 9.59 Å². The minimum absolute atomic E-state index is 0.00694. The standard InChI is InChI=1S/C18H17ClFN3O2/c1-12-14(19)6-4-8-16(12)22-17(24)9-10-18(25)23-21-11-13-5-2-3-7-15(13)20/h2-8,11H,9-10H2,1H3,(H,22,24)(H,23,25)/b21-11+. The summed E-state index contributed by atoms with van der Waals surface area (Å²) in [5.74, 6) is -1.18. The van der Waals surface area contributed by atoms with Crippen molar-refractivity contribution < 1.29 is 14.0 Å². The number of hydrogen-bond acceptors (Lipinski definition) is 3. The van der Waals surface area contributed by atoms with Gasteiger partial charge in [0.15, 0.2) is 0 Å². The molecule has 0 aliphatic heterocycles. The first-order valence-corrected chi connectivity index (χ1v) is 7.96. The molecule has 0 spiro atoms. The van der Waals surface area contributed by atoms with Crippen molar-refractivity contribution in [2.45, 2.75) is 19.8 Å². The fourth-order valence-electron chi connectivity index (χ4n) is 1.99. The third-order valence-corrected chi connectivity index (χ3v) is 3.83. The second-order valence-corrected chi connectivity index (χ2v) is 5.68. The molecule has 0 bridgehead atoms. The fraction of sp³-hybridized carbons (Fsp3) is 0.167. The van der Waals surface area contributed by atoms with E-state index in [-0.39, 0.29) is 24.3 Å². The summed E-state index contributed by atoms with van der Waals surface area (Å²) in [6.45, 7) is 1.79. The third kappa shape index (κ3) is 5.69. The largest absolute Gasteiger partial charge is 0.326 e. The summed E-state index contributed by atoms with van der Waals surface area (Å²) in [6, 6.07) is 11.2. The number of rotatable bonds is 6. The molecule has 0 unspecified atom stereocenters. The van der Waals surface area contributed by atoms with Gasteiger partial charge < -0.3 is 5.32 Å². The van der Waals surface area contributed by atoms with Gasteiger partial charge in [0, 0.05) is 29.1 Å². The molecule has 0 saturated carbocycles. The molecule has 2 aromatic carbocycles. The summed E-state index contributed by atoms with van der Waals surface area (Å²) < 4.78 is 13.4. The number of amides is 2. The first kappa shape index (κ1) is 18.6. The number of carbonyl (C=O) groups is 2. The molecule has 7 heteroatoms. The number of nitrogens with one attached hydrogen (secondary N) is 2. The molecular formula is C18H17ClFN3O2. The van der Waals surface area contributed by atoms with Crippen LogP contribution in [0.5, 0.6) is 0 Å². The van der Waals surface area contributed by atoms with Crippen molar-refractivity contribution in [2.75, 3.05) is 5.32 Å². The van der Waals surface area contributed by atoms with E-state index < -0.39 is 11.7 Å². The highest BCUT2D eigenvalue weighted by Crippen LogP contribution is 2.23. The zero-order valence-electron chi connectivity index (χ0n) is 13.6. The van der Waals surface area contributed by atoms with Crippen molar-refractivity contribution in [3.63, 3.8) is 0 Å². The predicted molar refractivity (Wildman–Crippen MR) is 96.2 cm³/mol. The van der Waals surface area contributed by atoms with Crippen molar-refractivity contribution in [3.05, 3.63) is 64.4 Å². The first-order valence-electron chi connectivity index (χ1n) is 7.59. The highest BCUT2D eigenvalue weighted by molar-refractivity contribution is 6.31. The minimum atomic E-state index is -0.439. The third-order valence-electron chi connectivity index (χ3n) is 3.42. The Morgan fingerprint density at radius 2 is 1.84 bits per heavy atom. The maximum atomic E-state index is 13.4. The van der Waals surface area contributed by atoms with Gasteiger partial charge in [0.05, 0.1) is 6.21 Å². The Hall–Kier alpha value is -2.73. The molecule has 0 aliphatic rings. The molecule has 0 aromatic heterocycles. The molecule has 2 N–H and O–H groups in total. The summed E-state index contributed by atoms with van der Waals surface area (Å²) in [6.07, 6.45) is 1.16. The Morgan fingerprint density at radius 1 is 1.12 bits per heavy atom. The monoisotopic (exact) mass is 361 g/mol. The van der Waals surface area contributed by atoms with Crippen LogP contribution < -0.4 is 10.7 Å². The average molecular weight is 362 g/mol. The van der Waals surface area contributed by atoms with Gasteiger partial charge in [-0.2, -0.15) is 5.10 Å². The van der Waals surface area contributed by atoms with Gasteiger partial charge >= 0.3 is 0 Å². The summed E-state index contributed by atoms with van der Waals surface area (Å²) in [5, 5.41) is 6.93. The Balaban J connectivity index is 1.79. The van der Waals surface area contributed by atoms with Crippen molar-refractivity contribution >= 4 is 35.3 Å². The smallest absolute Gasteiger partial charge is 0.240 e. The van der Waals surface area contributed by atoms with Crippen LogP contribution in [0.15, 0.2) is 47.6 Å². The highest BCUT2D eigenvalue weighted by Gasteiger charge is 2.09. The Labute approximate surface area is 149 Å². The van der Waals surface area contributed by atoms with Crippen molar-refractivity contribution in [3.8, 4) is 0 Å². The molecule has 0 saturated heterocycles. The van der Waals surface area contributed by atoms with E-state index >= 15 is 0 Å². The zero-order valence-corrected chi connectivity index (χ0v) is 14.3. The molecule has 0 radical (unpaired) electrons. The van der Waals surface area contributed by atoms with E-state index in [1.165, 1.54) is 18.3 Å². The lowest BCUT2D eigenvalue weighted by molar-refractivity contribution is -0.124. The van der Waals surface area contributed by atoms with Crippen LogP contribution in [0.4, 0.5) is 10.1 Å². The van der Waals surface area contributed by atoms with Crippen molar-refractivity contribution in [2.24, 2.45) is 5.10 Å². The number of carbonyl (C=O) groups excluding carboxylic acids is 2. The zero-order chi connectivity index (χ0) is 18.2. The van der Waals surface area contributed by atoms with Gasteiger partial charge in [-0.1, -0.05) is 35.9 Å². The quantitative estimate of drug-likeness (QED) is 0.609. The van der Waals surface area contributed by atoms with Crippen LogP contribution in [0.2, 0.25) is 5.02 Å². The van der Waals surface area contributed by atoms with E-state index in [0.29, 0.717) is 10.7 Å². The van der Waals surface area contributed by atoms with E-state index in [1.54, 1.807) is 37.3 Å². The van der Waals surface area contributed by atoms with Crippen LogP contribution in [-0.4, -0.2) is 18.0 Å². The number of nitrogens with zero attached hydrogens (tertiary/aromatic N) is 1. The van der Waals surface area contributed by atoms with Gasteiger partial charge in [-0.3, -0.25) is 9.59 Å². The van der Waals surface area contributed by atoms with E-state index in [0.717, 1.165) is 5.56 Å². The topological polar surface area (TPSA) is 70.6 Å². The van der Waals surface area contributed by atoms with E-state index in [2.05, 4.69) is 15.8 Å². The maximum Gasteiger partial charge on any atom is 0.240 e. The molecular weight excluding hydrogens is 345 g/mol. The van der Waals surface area contributed by atoms with Gasteiger partial charge in [-0.15, -0.1) is 0 Å². The highest BCUT2D eigenvalue weighted by atomic mass is 35.5. The molecule has 2 rings (SSSR count). The van der Waals surface area contributed by atoms with Crippen LogP contribution in [0.3, 0.4) is 0 Å². The summed E-state index contributed by atoms with van der Waals surface area (Å²) in [7, 11) is 0. The Kier molecular flexibility index (Phi) is 6.65. The van der Waals surface area contributed by atoms with Gasteiger partial charge in [0.1, 0.15) is 5.82 Å². The SMILES string of the molecule is Cc1c(Cl)cccc1NC(=O)CCC(=O)N/N=C/c1ccccc1F. The second-order valence-electron chi connectivity index (χ2n) is 5.28. The van der Waals surface area contributed by atoms with Crippen molar-refractivity contribution in [1.82, 2.24) is 5.43 Å². The van der Waals surface area contributed by atoms with Crippen LogP contribution in [0, 0.1) is 12.7 Å². The van der Waals surface area contributed by atoms with Crippen LogP contribution >= 0.6 is 11.6 Å². The molecule has 2 aromatic rings. The molecule has 130 valence electrons. The number of anilines is 1. The number of hydrazone groups is 1. The Morgan fingerprint density at radius 3 is 2.60 bits per heavy atom. The summed E-state index contributed by atoms with van der Waals surface area (Å²) in [5.41, 5.74) is 3.89. The van der Waals surface area contributed by atoms with Gasteiger partial charge in [-0.25, -0.2) is 9.82 Å². The fourth-order valence-corrected chi connectivity index (χ4v) is 2.17. The summed E-state index contributed by atoms with van der Waals surface area (Å²) >= 11 is 5.99. The van der Waals surface area contributed by atoms with Gasteiger partial charge in [0.25, 0.3) is 0 Å². The van der Waals surface area contributed by atoms with Crippen LogP contribution in [0.1, 0.15) is 24.0 Å². The normalized spacial score (nSPS) is 10.7. The van der Waals surface area contributed by atoms with Crippen molar-refractivity contribution in [1.29, 1.82) is 0 Å². The maximum absolute atomic E-state index is 13.4. The minimum Gasteiger partial charge on any atom is -0.326 e. The predicted octanol–water partition coefficient (Wildman–Crippen LogP) is 3.66. The van der Waals surface area contributed by atoms with E-state index in [9.17, 15) is 14.0 Å². The van der Waals surface area contributed by atoms with Crippen LogP contribution in [0.25, 0.3) is 0 Å². The molecule has 2 amide bonds. The molecule has 0 atom stereocenters. The van der Waals surface area contributed by atoms with Gasteiger partial charge in [0.2, 0.25) is 11.8 Å². The second kappa shape index (κ2) is 8.94. The molecule has 0 fully saturated rings. The molecule has 5 nitrogen and oxygen atoms in total. The number of hydrogen-bond donors (Lipinski definition) is 2. The number of halogens is 2. The Bertz CT molecular complexity index is 809. The van der Waals surface area contributed by atoms with E-state index in [1.807, 2.05) is 0 Å². The average Bonchev–Trinajstić information content (AvgIpc) is 2.59. The lowest BCUT2D eigenvalue weighted by atomic mass is 10.2. The lowest BCUT2D eigenvalue weighted by Crippen LogP contribution is -2.21. The lowest BCUT2D eigenvalue weighted by Gasteiger charge is -2.09. The first-order chi connectivity index (χ1) is 12.0. The molecule has 0 heterocycles. The number of benzene rings is 2. The molecule has 25 heavy (non-hydrogen) atoms. The summed E-state index contributed by atoms with van der Waals surface area (Å²) in [4.78, 5) is 23.6. The van der Waals surface area contributed by atoms with Gasteiger partial charge in [-0.05, 0) is 30.7 Å².